The van der Waals surface area contributed by atoms with Crippen LogP contribution in [0.3, 0.4) is 0 Å². The summed E-state index contributed by atoms with van der Waals surface area (Å²) in [6, 6.07) is 9.64. The minimum Gasteiger partial charge on any atom is -0.457 e. The lowest BCUT2D eigenvalue weighted by Crippen LogP contribution is -2.62. The number of carbonyl (C=O) groups excluding carboxylic acids is 2. The van der Waals surface area contributed by atoms with Crippen LogP contribution in [0.2, 0.25) is 0 Å². The monoisotopic (exact) mass is 456 g/mol. The predicted molar refractivity (Wildman–Crippen MR) is 124 cm³/mol. The van der Waals surface area contributed by atoms with Crippen molar-refractivity contribution in [2.24, 2.45) is 23.7 Å². The first-order valence-corrected chi connectivity index (χ1v) is 12.1. The molecule has 3 aliphatic rings. The number of benzene rings is 1. The second-order valence-electron chi connectivity index (χ2n) is 10.5. The van der Waals surface area contributed by atoms with E-state index in [4.69, 9.17) is 14.2 Å². The molecule has 2 heterocycles. The van der Waals surface area contributed by atoms with Crippen molar-refractivity contribution >= 4 is 18.0 Å². The van der Waals surface area contributed by atoms with Crippen LogP contribution in [0, 0.1) is 23.7 Å². The summed E-state index contributed by atoms with van der Waals surface area (Å²) in [6.07, 6.45) is 3.49. The standard InChI is InChI=1S/C27H36O6/c1-16(2)27-15-21(31-25(30)18(4)28)26(5,33-27)20-13-11-17(3)23(20)24(27)32-22(29)14-12-19-9-7-6-8-10-19/h6-10,12,14,16-18,20-21,23-24,28H,11,13,15H2,1-5H3/b14-12+/t17-,18-,20-,21-,23-,24+,26+,27-/m1/s1. The summed E-state index contributed by atoms with van der Waals surface area (Å²) in [5, 5.41) is 9.74. The van der Waals surface area contributed by atoms with Crippen LogP contribution >= 0.6 is 0 Å². The molecule has 4 rings (SSSR count). The fourth-order valence-electron chi connectivity index (χ4n) is 6.38. The van der Waals surface area contributed by atoms with Crippen molar-refractivity contribution in [3.05, 3.63) is 42.0 Å². The van der Waals surface area contributed by atoms with Gasteiger partial charge in [0.15, 0.2) is 0 Å². The van der Waals surface area contributed by atoms with E-state index < -0.39 is 41.5 Å². The molecular weight excluding hydrogens is 420 g/mol. The Balaban J connectivity index is 1.65. The number of ether oxygens (including phenoxy) is 3. The highest BCUT2D eigenvalue weighted by molar-refractivity contribution is 5.87. The van der Waals surface area contributed by atoms with Gasteiger partial charge in [0.1, 0.15) is 29.5 Å². The molecule has 3 fully saturated rings. The SMILES string of the molecule is CC(C)[C@@]12C[C@@H](OC(=O)[C@@H](C)O)[C@@](C)(O1)[C@@H]1CC[C@@H](C)[C@H]1[C@@H]2OC(=O)/C=C/c1ccccc1. The molecule has 33 heavy (non-hydrogen) atoms. The van der Waals surface area contributed by atoms with Crippen molar-refractivity contribution in [2.75, 3.05) is 0 Å². The normalized spacial score (nSPS) is 38.3. The molecule has 180 valence electrons. The number of carbonyl (C=O) groups is 2. The summed E-state index contributed by atoms with van der Waals surface area (Å²) < 4.78 is 18.8. The maximum absolute atomic E-state index is 13.0. The van der Waals surface area contributed by atoms with Crippen molar-refractivity contribution < 1.29 is 28.9 Å². The topological polar surface area (TPSA) is 82.1 Å². The molecule has 0 amide bonds. The lowest BCUT2D eigenvalue weighted by Gasteiger charge is -2.52. The minimum absolute atomic E-state index is 0.0386. The van der Waals surface area contributed by atoms with Gasteiger partial charge >= 0.3 is 11.9 Å². The second-order valence-corrected chi connectivity index (χ2v) is 10.5. The highest BCUT2D eigenvalue weighted by Crippen LogP contribution is 2.63. The molecule has 2 bridgehead atoms. The van der Waals surface area contributed by atoms with Gasteiger partial charge in [0.05, 0.1) is 0 Å². The van der Waals surface area contributed by atoms with Gasteiger partial charge in [-0.25, -0.2) is 9.59 Å². The third-order valence-electron chi connectivity index (χ3n) is 8.21. The molecule has 2 aliphatic heterocycles. The van der Waals surface area contributed by atoms with Crippen LogP contribution in [0.15, 0.2) is 36.4 Å². The van der Waals surface area contributed by atoms with Gasteiger partial charge in [-0.05, 0) is 56.1 Å². The number of hydrogen-bond acceptors (Lipinski definition) is 6. The molecule has 6 heteroatoms. The summed E-state index contributed by atoms with van der Waals surface area (Å²) in [5.74, 6) is -0.410. The van der Waals surface area contributed by atoms with Crippen LogP contribution in [0.5, 0.6) is 0 Å². The van der Waals surface area contributed by atoms with Gasteiger partial charge in [-0.2, -0.15) is 0 Å². The lowest BCUT2D eigenvalue weighted by atomic mass is 9.69. The summed E-state index contributed by atoms with van der Waals surface area (Å²) in [4.78, 5) is 25.3. The van der Waals surface area contributed by atoms with Crippen LogP contribution in [-0.2, 0) is 23.8 Å². The molecule has 0 spiro atoms. The molecule has 0 aromatic heterocycles. The Morgan fingerprint density at radius 2 is 1.85 bits per heavy atom. The first-order valence-electron chi connectivity index (χ1n) is 12.1. The Morgan fingerprint density at radius 3 is 2.48 bits per heavy atom. The Kier molecular flexibility index (Phi) is 6.45. The second kappa shape index (κ2) is 8.88. The Hall–Kier alpha value is -2.18. The van der Waals surface area contributed by atoms with Crippen molar-refractivity contribution in [3.8, 4) is 0 Å². The molecule has 6 nitrogen and oxygen atoms in total. The van der Waals surface area contributed by atoms with Crippen molar-refractivity contribution in [3.63, 3.8) is 0 Å². The number of aliphatic hydroxyl groups excluding tert-OH is 1. The van der Waals surface area contributed by atoms with Crippen molar-refractivity contribution in [1.29, 1.82) is 0 Å². The average molecular weight is 457 g/mol. The molecule has 1 aliphatic carbocycles. The summed E-state index contributed by atoms with van der Waals surface area (Å²) in [5.41, 5.74) is -0.500. The smallest absolute Gasteiger partial charge is 0.335 e. The van der Waals surface area contributed by atoms with Gasteiger partial charge in [-0.3, -0.25) is 0 Å². The average Bonchev–Trinajstić information content (AvgIpc) is 3.28. The van der Waals surface area contributed by atoms with E-state index in [2.05, 4.69) is 20.8 Å². The zero-order valence-electron chi connectivity index (χ0n) is 20.2. The van der Waals surface area contributed by atoms with Crippen LogP contribution in [-0.4, -0.2) is 46.6 Å². The highest BCUT2D eigenvalue weighted by Gasteiger charge is 2.72. The summed E-state index contributed by atoms with van der Waals surface area (Å²) in [7, 11) is 0. The maximum atomic E-state index is 13.0. The molecule has 0 unspecified atom stereocenters. The maximum Gasteiger partial charge on any atom is 0.335 e. The number of esters is 2. The quantitative estimate of drug-likeness (QED) is 0.511. The molecule has 1 aromatic rings. The van der Waals surface area contributed by atoms with E-state index in [-0.39, 0.29) is 17.8 Å². The van der Waals surface area contributed by atoms with Gasteiger partial charge in [-0.15, -0.1) is 0 Å². The van der Waals surface area contributed by atoms with Crippen LogP contribution in [0.4, 0.5) is 0 Å². The molecule has 1 aromatic carbocycles. The predicted octanol–water partition coefficient (Wildman–Crippen LogP) is 4.15. The third kappa shape index (κ3) is 4.12. The van der Waals surface area contributed by atoms with E-state index in [0.717, 1.165) is 18.4 Å². The fraction of sp³-hybridized carbons (Fsp3) is 0.630. The van der Waals surface area contributed by atoms with Gasteiger partial charge in [-0.1, -0.05) is 51.1 Å². The van der Waals surface area contributed by atoms with E-state index in [0.29, 0.717) is 12.3 Å². The van der Waals surface area contributed by atoms with Crippen LogP contribution in [0.25, 0.3) is 6.08 Å². The van der Waals surface area contributed by atoms with E-state index in [1.54, 1.807) is 6.08 Å². The minimum atomic E-state index is -1.20. The lowest BCUT2D eigenvalue weighted by molar-refractivity contribution is -0.265. The number of rotatable bonds is 6. The molecule has 1 N–H and O–H groups in total. The fourth-order valence-corrected chi connectivity index (χ4v) is 6.38. The van der Waals surface area contributed by atoms with Crippen LogP contribution < -0.4 is 0 Å². The van der Waals surface area contributed by atoms with Gasteiger partial charge < -0.3 is 19.3 Å². The zero-order valence-corrected chi connectivity index (χ0v) is 20.2. The number of aliphatic hydroxyl groups is 1. The van der Waals surface area contributed by atoms with Crippen LogP contribution in [0.1, 0.15) is 59.4 Å². The number of fused-ring (bicyclic) bond motifs is 4. The third-order valence-corrected chi connectivity index (χ3v) is 8.21. The summed E-state index contributed by atoms with van der Waals surface area (Å²) >= 11 is 0. The zero-order chi connectivity index (χ0) is 24.0. The molecule has 1 saturated carbocycles. The molecule has 2 saturated heterocycles. The Morgan fingerprint density at radius 1 is 1.15 bits per heavy atom. The van der Waals surface area contributed by atoms with E-state index in [1.165, 1.54) is 13.0 Å². The van der Waals surface area contributed by atoms with E-state index >= 15 is 0 Å². The van der Waals surface area contributed by atoms with Gasteiger partial charge in [0.25, 0.3) is 0 Å². The molecule has 8 atom stereocenters. The first-order chi connectivity index (χ1) is 15.6. The first kappa shape index (κ1) is 24.0. The van der Waals surface area contributed by atoms with E-state index in [9.17, 15) is 14.7 Å². The number of hydrogen-bond donors (Lipinski definition) is 1. The molecule has 0 radical (unpaired) electrons. The Bertz CT molecular complexity index is 908. The summed E-state index contributed by atoms with van der Waals surface area (Å²) in [6.45, 7) is 9.79. The van der Waals surface area contributed by atoms with Gasteiger partial charge in [0, 0.05) is 18.4 Å². The van der Waals surface area contributed by atoms with Gasteiger partial charge in [0.2, 0.25) is 0 Å². The Labute approximate surface area is 196 Å². The largest absolute Gasteiger partial charge is 0.457 e. The molecular formula is C27H36O6. The van der Waals surface area contributed by atoms with E-state index in [1.807, 2.05) is 37.3 Å². The van der Waals surface area contributed by atoms with Crippen molar-refractivity contribution in [1.82, 2.24) is 0 Å². The highest BCUT2D eigenvalue weighted by atomic mass is 16.6. The van der Waals surface area contributed by atoms with Crippen molar-refractivity contribution in [2.45, 2.75) is 83.4 Å².